The fraction of sp³-hybridized carbons (Fsp3) is 0.200. The lowest BCUT2D eigenvalue weighted by Crippen LogP contribution is -2.11. The summed E-state index contributed by atoms with van der Waals surface area (Å²) >= 11 is 0. The lowest BCUT2D eigenvalue weighted by atomic mass is 10.2. The van der Waals surface area contributed by atoms with Gasteiger partial charge in [-0.05, 0) is 25.5 Å². The first kappa shape index (κ1) is 12.3. The van der Waals surface area contributed by atoms with E-state index in [4.69, 9.17) is 0 Å². The van der Waals surface area contributed by atoms with Crippen molar-refractivity contribution in [3.8, 4) is 0 Å². The Balaban J connectivity index is 2.14. The number of aromatic nitrogens is 1. The molecule has 1 N–H and O–H groups in total. The second-order valence-corrected chi connectivity index (χ2v) is 4.04. The monoisotopic (exact) mass is 240 g/mol. The number of hydrogen-bond donors (Lipinski definition) is 1. The Hall–Kier alpha value is -2.16. The van der Waals surface area contributed by atoms with Crippen LogP contribution in [0.2, 0.25) is 0 Å². The van der Waals surface area contributed by atoms with Gasteiger partial charge in [-0.1, -0.05) is 30.4 Å². The molecule has 0 aliphatic rings. The highest BCUT2D eigenvalue weighted by Crippen LogP contribution is 2.20. The lowest BCUT2D eigenvalue weighted by Gasteiger charge is -2.07. The summed E-state index contributed by atoms with van der Waals surface area (Å²) in [6.45, 7) is 1.95. The predicted molar refractivity (Wildman–Crippen MR) is 74.4 cm³/mol. The Kier molecular flexibility index (Phi) is 4.07. The fourth-order valence-corrected chi connectivity index (χ4v) is 1.80. The predicted octanol–water partition coefficient (Wildman–Crippen LogP) is 3.53. The van der Waals surface area contributed by atoms with Crippen molar-refractivity contribution in [2.45, 2.75) is 19.8 Å². The van der Waals surface area contributed by atoms with Crippen LogP contribution in [0, 0.1) is 0 Å². The second kappa shape index (κ2) is 5.96. The summed E-state index contributed by atoms with van der Waals surface area (Å²) in [6.07, 6.45) is 6.93. The van der Waals surface area contributed by atoms with Crippen LogP contribution in [-0.4, -0.2) is 10.9 Å². The van der Waals surface area contributed by atoms with Gasteiger partial charge in [-0.15, -0.1) is 0 Å². The van der Waals surface area contributed by atoms with E-state index < -0.39 is 0 Å². The fourth-order valence-electron chi connectivity index (χ4n) is 1.80. The van der Waals surface area contributed by atoms with Gasteiger partial charge in [0.25, 0.3) is 0 Å². The van der Waals surface area contributed by atoms with Crippen LogP contribution >= 0.6 is 0 Å². The third-order valence-corrected chi connectivity index (χ3v) is 2.68. The van der Waals surface area contributed by atoms with Gasteiger partial charge in [-0.3, -0.25) is 9.78 Å². The van der Waals surface area contributed by atoms with Gasteiger partial charge in [-0.2, -0.15) is 0 Å². The van der Waals surface area contributed by atoms with Gasteiger partial charge in [0.1, 0.15) is 0 Å². The second-order valence-electron chi connectivity index (χ2n) is 4.04. The van der Waals surface area contributed by atoms with Crippen LogP contribution in [0.25, 0.3) is 10.9 Å². The summed E-state index contributed by atoms with van der Waals surface area (Å²) in [5.74, 6) is 0.0197. The Labute approximate surface area is 107 Å². The molecule has 0 unspecified atom stereocenters. The van der Waals surface area contributed by atoms with E-state index in [0.717, 1.165) is 23.0 Å². The molecule has 0 radical (unpaired) electrons. The number of rotatable bonds is 4. The highest BCUT2D eigenvalue weighted by atomic mass is 16.1. The molecular formula is C15H16N2O. The van der Waals surface area contributed by atoms with Gasteiger partial charge >= 0.3 is 0 Å². The molecule has 2 rings (SSSR count). The Morgan fingerprint density at radius 1 is 1.33 bits per heavy atom. The van der Waals surface area contributed by atoms with E-state index in [9.17, 15) is 4.79 Å². The highest BCUT2D eigenvalue weighted by molar-refractivity contribution is 6.00. The molecule has 0 saturated heterocycles. The van der Waals surface area contributed by atoms with E-state index in [1.54, 1.807) is 6.20 Å². The first-order valence-electron chi connectivity index (χ1n) is 6.06. The van der Waals surface area contributed by atoms with Gasteiger partial charge in [0.05, 0.1) is 11.2 Å². The quantitative estimate of drug-likeness (QED) is 0.831. The van der Waals surface area contributed by atoms with Gasteiger partial charge in [0, 0.05) is 18.0 Å². The summed E-state index contributed by atoms with van der Waals surface area (Å²) in [5, 5.41) is 3.94. The van der Waals surface area contributed by atoms with Gasteiger partial charge in [-0.25, -0.2) is 0 Å². The zero-order valence-corrected chi connectivity index (χ0v) is 10.4. The molecule has 0 aliphatic carbocycles. The molecule has 0 spiro atoms. The first-order valence-corrected chi connectivity index (χ1v) is 6.06. The Bertz CT molecular complexity index is 570. The minimum Gasteiger partial charge on any atom is -0.324 e. The van der Waals surface area contributed by atoms with Crippen molar-refractivity contribution in [2.75, 3.05) is 5.32 Å². The highest BCUT2D eigenvalue weighted by Gasteiger charge is 2.05. The topological polar surface area (TPSA) is 42.0 Å². The minimum atomic E-state index is 0.0197. The van der Waals surface area contributed by atoms with E-state index in [2.05, 4.69) is 10.3 Å². The summed E-state index contributed by atoms with van der Waals surface area (Å²) in [7, 11) is 0. The van der Waals surface area contributed by atoms with Crippen molar-refractivity contribution in [3.63, 3.8) is 0 Å². The molecule has 1 aromatic heterocycles. The molecule has 92 valence electrons. The molecule has 0 saturated carbocycles. The summed E-state index contributed by atoms with van der Waals surface area (Å²) in [6, 6.07) is 9.66. The van der Waals surface area contributed by atoms with Crippen molar-refractivity contribution in [3.05, 3.63) is 48.7 Å². The number of amides is 1. The zero-order chi connectivity index (χ0) is 12.8. The number of carbonyl (C=O) groups excluding carboxylic acids is 1. The van der Waals surface area contributed by atoms with Crippen molar-refractivity contribution in [1.29, 1.82) is 0 Å². The van der Waals surface area contributed by atoms with Crippen LogP contribution < -0.4 is 5.32 Å². The Morgan fingerprint density at radius 3 is 3.00 bits per heavy atom. The molecule has 3 heteroatoms. The number of pyridine rings is 1. The Morgan fingerprint density at radius 2 is 2.17 bits per heavy atom. The first-order chi connectivity index (χ1) is 8.81. The van der Waals surface area contributed by atoms with E-state index >= 15 is 0 Å². The SMILES string of the molecule is C/C=C\CCC(=O)Nc1cccc2cccnc12. The van der Waals surface area contributed by atoms with E-state index in [-0.39, 0.29) is 5.91 Å². The van der Waals surface area contributed by atoms with Crippen LogP contribution in [0.4, 0.5) is 5.69 Å². The normalized spacial score (nSPS) is 10.9. The average Bonchev–Trinajstić information content (AvgIpc) is 2.39. The van der Waals surface area contributed by atoms with Gasteiger partial charge in [0.2, 0.25) is 5.91 Å². The number of nitrogens with zero attached hydrogens (tertiary/aromatic N) is 1. The smallest absolute Gasteiger partial charge is 0.224 e. The molecule has 1 heterocycles. The molecule has 18 heavy (non-hydrogen) atoms. The summed E-state index contributed by atoms with van der Waals surface area (Å²) < 4.78 is 0. The molecule has 0 bridgehead atoms. The third-order valence-electron chi connectivity index (χ3n) is 2.68. The largest absolute Gasteiger partial charge is 0.324 e. The maximum absolute atomic E-state index is 11.8. The van der Waals surface area contributed by atoms with E-state index in [1.807, 2.05) is 49.4 Å². The van der Waals surface area contributed by atoms with Crippen molar-refractivity contribution < 1.29 is 4.79 Å². The van der Waals surface area contributed by atoms with Crippen molar-refractivity contribution in [1.82, 2.24) is 4.98 Å². The molecule has 1 amide bonds. The molecular weight excluding hydrogens is 224 g/mol. The molecule has 1 aromatic carbocycles. The number of hydrogen-bond acceptors (Lipinski definition) is 2. The number of nitrogens with one attached hydrogen (secondary N) is 1. The number of carbonyl (C=O) groups is 1. The van der Waals surface area contributed by atoms with E-state index in [0.29, 0.717) is 6.42 Å². The minimum absolute atomic E-state index is 0.0197. The van der Waals surface area contributed by atoms with Gasteiger partial charge in [0.15, 0.2) is 0 Å². The molecule has 0 atom stereocenters. The van der Waals surface area contributed by atoms with Crippen LogP contribution in [0.15, 0.2) is 48.7 Å². The standard InChI is InChI=1S/C15H16N2O/c1-2-3-4-10-14(18)17-13-9-5-7-12-8-6-11-16-15(12)13/h2-3,5-9,11H,4,10H2,1H3,(H,17,18)/b3-2-. The van der Waals surface area contributed by atoms with Crippen molar-refractivity contribution >= 4 is 22.5 Å². The number of para-hydroxylation sites is 1. The van der Waals surface area contributed by atoms with Crippen LogP contribution in [-0.2, 0) is 4.79 Å². The number of benzene rings is 1. The maximum Gasteiger partial charge on any atom is 0.224 e. The van der Waals surface area contributed by atoms with Gasteiger partial charge < -0.3 is 5.32 Å². The molecule has 0 fully saturated rings. The van der Waals surface area contributed by atoms with Crippen LogP contribution in [0.5, 0.6) is 0 Å². The number of fused-ring (bicyclic) bond motifs is 1. The molecule has 3 nitrogen and oxygen atoms in total. The average molecular weight is 240 g/mol. The number of anilines is 1. The lowest BCUT2D eigenvalue weighted by molar-refractivity contribution is -0.116. The summed E-state index contributed by atoms with van der Waals surface area (Å²) in [5.41, 5.74) is 1.61. The number of allylic oxidation sites excluding steroid dienone is 2. The maximum atomic E-state index is 11.8. The van der Waals surface area contributed by atoms with Crippen LogP contribution in [0.1, 0.15) is 19.8 Å². The summed E-state index contributed by atoms with van der Waals surface area (Å²) in [4.78, 5) is 16.1. The molecule has 2 aromatic rings. The third kappa shape index (κ3) is 2.94. The van der Waals surface area contributed by atoms with E-state index in [1.165, 1.54) is 0 Å². The zero-order valence-electron chi connectivity index (χ0n) is 10.4. The van der Waals surface area contributed by atoms with Crippen LogP contribution in [0.3, 0.4) is 0 Å². The molecule has 0 aliphatic heterocycles. The van der Waals surface area contributed by atoms with Crippen molar-refractivity contribution in [2.24, 2.45) is 0 Å².